The molecule has 1 aliphatic rings. The number of nitrogens with zero attached hydrogens (tertiary/aromatic N) is 3. The minimum atomic E-state index is -1.13. The zero-order valence-corrected chi connectivity index (χ0v) is 14.3. The summed E-state index contributed by atoms with van der Waals surface area (Å²) in [6.45, 7) is 2.03. The number of esters is 1. The number of para-hydroxylation sites is 1. The number of amides is 3. The molecule has 3 amide bonds. The van der Waals surface area contributed by atoms with E-state index in [4.69, 9.17) is 9.47 Å². The zero-order chi connectivity index (χ0) is 18.7. The van der Waals surface area contributed by atoms with Crippen molar-refractivity contribution in [2.75, 3.05) is 20.2 Å². The van der Waals surface area contributed by atoms with Crippen LogP contribution in [0.1, 0.15) is 17.4 Å². The molecule has 1 fully saturated rings. The minimum absolute atomic E-state index is 0.0538. The second-order valence-corrected chi connectivity index (χ2v) is 5.60. The van der Waals surface area contributed by atoms with Gasteiger partial charge < -0.3 is 14.8 Å². The number of urea groups is 1. The Bertz CT molecular complexity index is 833. The van der Waals surface area contributed by atoms with Crippen molar-refractivity contribution in [1.29, 1.82) is 0 Å². The molecular formula is C17H18N4O5. The predicted octanol–water partition coefficient (Wildman–Crippen LogP) is 0.978. The summed E-state index contributed by atoms with van der Waals surface area (Å²) in [6.07, 6.45) is 0.421. The molecule has 0 bridgehead atoms. The van der Waals surface area contributed by atoms with E-state index in [0.29, 0.717) is 6.54 Å². The number of carbonyl (C=O) groups excluding carboxylic acids is 3. The van der Waals surface area contributed by atoms with E-state index in [1.54, 1.807) is 6.20 Å². The molecule has 9 heteroatoms. The van der Waals surface area contributed by atoms with E-state index >= 15 is 0 Å². The van der Waals surface area contributed by atoms with Crippen LogP contribution in [-0.4, -0.2) is 58.9 Å². The highest BCUT2D eigenvalue weighted by Gasteiger charge is 2.32. The monoisotopic (exact) mass is 358 g/mol. The first-order valence-electron chi connectivity index (χ1n) is 8.00. The van der Waals surface area contributed by atoms with Gasteiger partial charge in [-0.1, -0.05) is 18.2 Å². The summed E-state index contributed by atoms with van der Waals surface area (Å²) in [7, 11) is 1.41. The van der Waals surface area contributed by atoms with Crippen LogP contribution in [0.3, 0.4) is 0 Å². The molecule has 2 heterocycles. The molecule has 0 spiro atoms. The molecule has 1 aromatic heterocycles. The molecule has 1 unspecified atom stereocenters. The van der Waals surface area contributed by atoms with E-state index in [0.717, 1.165) is 10.6 Å². The Morgan fingerprint density at radius 1 is 1.27 bits per heavy atom. The first-order chi connectivity index (χ1) is 12.5. The van der Waals surface area contributed by atoms with Gasteiger partial charge in [-0.15, -0.1) is 0 Å². The number of ether oxygens (including phenoxy) is 2. The van der Waals surface area contributed by atoms with Gasteiger partial charge in [0.1, 0.15) is 0 Å². The van der Waals surface area contributed by atoms with Crippen molar-refractivity contribution < 1.29 is 23.9 Å². The van der Waals surface area contributed by atoms with E-state index in [1.165, 1.54) is 18.7 Å². The molecule has 0 aliphatic carbocycles. The Morgan fingerprint density at radius 3 is 2.62 bits per heavy atom. The molecule has 0 saturated carbocycles. The van der Waals surface area contributed by atoms with Gasteiger partial charge in [-0.2, -0.15) is 5.10 Å². The lowest BCUT2D eigenvalue weighted by atomic mass is 10.3. The van der Waals surface area contributed by atoms with Crippen LogP contribution in [0.5, 0.6) is 5.75 Å². The van der Waals surface area contributed by atoms with Crippen molar-refractivity contribution in [2.24, 2.45) is 0 Å². The van der Waals surface area contributed by atoms with Gasteiger partial charge in [-0.25, -0.2) is 14.3 Å². The standard InChI is InChI=1S/C17H18N4O5/c1-11(15(22)20-9-8-18-17(20)24)26-16(23)14-13(25-2)10-21(19-14)12-6-4-3-5-7-12/h3-7,10-11H,8-9H2,1-2H3,(H,18,24). The average Bonchev–Trinajstić information content (AvgIpc) is 3.28. The van der Waals surface area contributed by atoms with Crippen molar-refractivity contribution in [3.8, 4) is 11.4 Å². The van der Waals surface area contributed by atoms with Gasteiger partial charge in [0, 0.05) is 13.1 Å². The highest BCUT2D eigenvalue weighted by atomic mass is 16.6. The summed E-state index contributed by atoms with van der Waals surface area (Å²) in [4.78, 5) is 37.2. The molecule has 136 valence electrons. The van der Waals surface area contributed by atoms with Crippen molar-refractivity contribution in [2.45, 2.75) is 13.0 Å². The summed E-state index contributed by atoms with van der Waals surface area (Å²) < 4.78 is 11.9. The van der Waals surface area contributed by atoms with Crippen molar-refractivity contribution in [1.82, 2.24) is 20.0 Å². The maximum atomic E-state index is 12.4. The number of hydrogen-bond donors (Lipinski definition) is 1. The molecule has 1 aliphatic heterocycles. The van der Waals surface area contributed by atoms with Crippen LogP contribution >= 0.6 is 0 Å². The van der Waals surface area contributed by atoms with Gasteiger partial charge in [0.2, 0.25) is 5.69 Å². The van der Waals surface area contributed by atoms with Crippen LogP contribution in [0.2, 0.25) is 0 Å². The molecule has 1 saturated heterocycles. The second-order valence-electron chi connectivity index (χ2n) is 5.60. The first-order valence-corrected chi connectivity index (χ1v) is 8.00. The second kappa shape index (κ2) is 7.26. The Kier molecular flexibility index (Phi) is 4.87. The molecule has 26 heavy (non-hydrogen) atoms. The van der Waals surface area contributed by atoms with E-state index in [2.05, 4.69) is 10.4 Å². The lowest BCUT2D eigenvalue weighted by Gasteiger charge is -2.17. The lowest BCUT2D eigenvalue weighted by molar-refractivity contribution is -0.136. The molecule has 1 atom stereocenters. The van der Waals surface area contributed by atoms with Gasteiger partial charge in [0.05, 0.1) is 19.0 Å². The third-order valence-corrected chi connectivity index (χ3v) is 3.87. The molecule has 0 radical (unpaired) electrons. The average molecular weight is 358 g/mol. The molecule has 1 aromatic carbocycles. The number of hydrogen-bond acceptors (Lipinski definition) is 6. The summed E-state index contributed by atoms with van der Waals surface area (Å²) in [5.41, 5.74) is 0.685. The van der Waals surface area contributed by atoms with Gasteiger partial charge in [0.15, 0.2) is 11.9 Å². The summed E-state index contributed by atoms with van der Waals surface area (Å²) in [5.74, 6) is -1.18. The molecule has 3 rings (SSSR count). The largest absolute Gasteiger partial charge is 0.493 e. The summed E-state index contributed by atoms with van der Waals surface area (Å²) in [6, 6.07) is 8.68. The number of imide groups is 1. The normalized spacial score (nSPS) is 14.7. The highest BCUT2D eigenvalue weighted by Crippen LogP contribution is 2.21. The smallest absolute Gasteiger partial charge is 0.363 e. The third kappa shape index (κ3) is 3.37. The fourth-order valence-electron chi connectivity index (χ4n) is 2.53. The van der Waals surface area contributed by atoms with Crippen molar-refractivity contribution in [3.63, 3.8) is 0 Å². The van der Waals surface area contributed by atoms with Crippen LogP contribution in [0.25, 0.3) is 5.69 Å². The Morgan fingerprint density at radius 2 is 2.00 bits per heavy atom. The number of carbonyl (C=O) groups is 3. The van der Waals surface area contributed by atoms with Crippen LogP contribution in [0.15, 0.2) is 36.5 Å². The van der Waals surface area contributed by atoms with E-state index in [9.17, 15) is 14.4 Å². The number of methoxy groups -OCH3 is 1. The van der Waals surface area contributed by atoms with Gasteiger partial charge >= 0.3 is 12.0 Å². The van der Waals surface area contributed by atoms with Crippen LogP contribution in [0.4, 0.5) is 4.79 Å². The van der Waals surface area contributed by atoms with Crippen LogP contribution in [-0.2, 0) is 9.53 Å². The maximum absolute atomic E-state index is 12.4. The van der Waals surface area contributed by atoms with Crippen LogP contribution < -0.4 is 10.1 Å². The SMILES string of the molecule is COc1cn(-c2ccccc2)nc1C(=O)OC(C)C(=O)N1CCNC1=O. The molecule has 1 N–H and O–H groups in total. The predicted molar refractivity (Wildman–Crippen MR) is 90.1 cm³/mol. The highest BCUT2D eigenvalue weighted by molar-refractivity contribution is 5.99. The fourth-order valence-corrected chi connectivity index (χ4v) is 2.53. The topological polar surface area (TPSA) is 103 Å². The van der Waals surface area contributed by atoms with E-state index in [1.807, 2.05) is 30.3 Å². The number of rotatable bonds is 5. The molecule has 9 nitrogen and oxygen atoms in total. The maximum Gasteiger partial charge on any atom is 0.363 e. The minimum Gasteiger partial charge on any atom is -0.493 e. The Hall–Kier alpha value is -3.36. The first kappa shape index (κ1) is 17.5. The third-order valence-electron chi connectivity index (χ3n) is 3.87. The fraction of sp³-hybridized carbons (Fsp3) is 0.294. The summed E-state index contributed by atoms with van der Waals surface area (Å²) in [5, 5.41) is 6.71. The Balaban J connectivity index is 1.76. The number of benzene rings is 1. The van der Waals surface area contributed by atoms with E-state index < -0.39 is 24.0 Å². The molecular weight excluding hydrogens is 340 g/mol. The van der Waals surface area contributed by atoms with Gasteiger partial charge in [-0.05, 0) is 19.1 Å². The van der Waals surface area contributed by atoms with Crippen molar-refractivity contribution in [3.05, 3.63) is 42.2 Å². The molecule has 2 aromatic rings. The van der Waals surface area contributed by atoms with Crippen LogP contribution in [0, 0.1) is 0 Å². The van der Waals surface area contributed by atoms with Gasteiger partial charge in [-0.3, -0.25) is 9.69 Å². The number of aromatic nitrogens is 2. The van der Waals surface area contributed by atoms with Gasteiger partial charge in [0.25, 0.3) is 5.91 Å². The lowest BCUT2D eigenvalue weighted by Crippen LogP contribution is -2.41. The number of nitrogens with one attached hydrogen (secondary N) is 1. The quantitative estimate of drug-likeness (QED) is 0.799. The Labute approximate surface area is 149 Å². The van der Waals surface area contributed by atoms with E-state index in [-0.39, 0.29) is 18.0 Å². The van der Waals surface area contributed by atoms with Crippen molar-refractivity contribution >= 4 is 17.9 Å². The summed E-state index contributed by atoms with van der Waals surface area (Å²) >= 11 is 0. The zero-order valence-electron chi connectivity index (χ0n) is 14.3.